The van der Waals surface area contributed by atoms with Crippen LogP contribution in [0.25, 0.3) is 0 Å². The van der Waals surface area contributed by atoms with Gasteiger partial charge in [0.2, 0.25) is 0 Å². The summed E-state index contributed by atoms with van der Waals surface area (Å²) >= 11 is 1.49. The second-order valence-electron chi connectivity index (χ2n) is 7.51. The van der Waals surface area contributed by atoms with Crippen molar-refractivity contribution in [2.45, 2.75) is 33.4 Å². The van der Waals surface area contributed by atoms with Crippen molar-refractivity contribution in [2.24, 2.45) is 0 Å². The number of hydrogen-bond acceptors (Lipinski definition) is 4. The van der Waals surface area contributed by atoms with Crippen molar-refractivity contribution in [3.05, 3.63) is 86.4 Å². The Hall–Kier alpha value is -3.43. The number of pyridine rings is 1. The number of fused-ring (bicyclic) bond motifs is 1. The Morgan fingerprint density at radius 1 is 1.16 bits per heavy atom. The van der Waals surface area contributed by atoms with E-state index in [2.05, 4.69) is 22.1 Å². The fourth-order valence-electron chi connectivity index (χ4n) is 3.67. The van der Waals surface area contributed by atoms with Crippen LogP contribution in [0.2, 0.25) is 0 Å². The number of thiophene rings is 1. The SMILES string of the molecule is Cc1ccc(C(=O)NCc2c(C)ncc3c2CCN(C(=O)C#Cc2ccccc2)C3)s1. The molecule has 0 spiro atoms. The van der Waals surface area contributed by atoms with Gasteiger partial charge in [0.05, 0.1) is 4.88 Å². The van der Waals surface area contributed by atoms with Crippen LogP contribution in [0.5, 0.6) is 0 Å². The fraction of sp³-hybridized carbons (Fsp3) is 0.240. The zero-order valence-corrected chi connectivity index (χ0v) is 18.4. The number of benzene rings is 1. The average Bonchev–Trinajstić information content (AvgIpc) is 3.23. The monoisotopic (exact) mass is 429 g/mol. The van der Waals surface area contributed by atoms with Crippen LogP contribution in [0.4, 0.5) is 0 Å². The molecule has 1 aliphatic rings. The van der Waals surface area contributed by atoms with E-state index in [1.807, 2.05) is 62.5 Å². The Balaban J connectivity index is 1.46. The number of aromatic nitrogens is 1. The van der Waals surface area contributed by atoms with Gasteiger partial charge in [0.25, 0.3) is 11.8 Å². The van der Waals surface area contributed by atoms with Crippen molar-refractivity contribution in [2.75, 3.05) is 6.54 Å². The summed E-state index contributed by atoms with van der Waals surface area (Å²) in [5.41, 5.74) is 4.97. The van der Waals surface area contributed by atoms with Crippen molar-refractivity contribution in [3.63, 3.8) is 0 Å². The Labute approximate surface area is 186 Å². The van der Waals surface area contributed by atoms with E-state index in [1.54, 1.807) is 4.90 Å². The molecule has 0 bridgehead atoms. The van der Waals surface area contributed by atoms with E-state index in [0.29, 0.717) is 24.5 Å². The number of nitrogens with one attached hydrogen (secondary N) is 1. The van der Waals surface area contributed by atoms with E-state index in [-0.39, 0.29) is 11.8 Å². The van der Waals surface area contributed by atoms with Crippen molar-refractivity contribution >= 4 is 23.2 Å². The number of hydrogen-bond donors (Lipinski definition) is 1. The Morgan fingerprint density at radius 2 is 1.97 bits per heavy atom. The second-order valence-corrected chi connectivity index (χ2v) is 8.80. The van der Waals surface area contributed by atoms with E-state index < -0.39 is 0 Å². The molecule has 2 aromatic heterocycles. The van der Waals surface area contributed by atoms with E-state index >= 15 is 0 Å². The molecule has 0 radical (unpaired) electrons. The highest BCUT2D eigenvalue weighted by Gasteiger charge is 2.23. The molecule has 1 aliphatic heterocycles. The van der Waals surface area contributed by atoms with Crippen molar-refractivity contribution in [1.82, 2.24) is 15.2 Å². The van der Waals surface area contributed by atoms with Crippen LogP contribution in [0.3, 0.4) is 0 Å². The molecule has 1 aromatic carbocycles. The Kier molecular flexibility index (Phi) is 6.15. The highest BCUT2D eigenvalue weighted by atomic mass is 32.1. The van der Waals surface area contributed by atoms with Gasteiger partial charge in [-0.2, -0.15) is 0 Å². The van der Waals surface area contributed by atoms with Gasteiger partial charge in [-0.3, -0.25) is 14.6 Å². The third kappa shape index (κ3) is 4.84. The minimum atomic E-state index is -0.182. The lowest BCUT2D eigenvalue weighted by molar-refractivity contribution is -0.125. The largest absolute Gasteiger partial charge is 0.347 e. The number of aryl methyl sites for hydroxylation is 2. The number of nitrogens with zero attached hydrogens (tertiary/aromatic N) is 2. The van der Waals surface area contributed by atoms with Gasteiger partial charge < -0.3 is 10.2 Å². The first-order valence-electron chi connectivity index (χ1n) is 10.2. The maximum Gasteiger partial charge on any atom is 0.299 e. The summed E-state index contributed by atoms with van der Waals surface area (Å²) in [6.07, 6.45) is 2.56. The first-order valence-corrected chi connectivity index (χ1v) is 11.0. The Bertz CT molecular complexity index is 1190. The molecule has 1 N–H and O–H groups in total. The molecule has 0 saturated heterocycles. The molecule has 0 fully saturated rings. The lowest BCUT2D eigenvalue weighted by atomic mass is 9.95. The van der Waals surface area contributed by atoms with Crippen LogP contribution in [-0.4, -0.2) is 28.2 Å². The molecular weight excluding hydrogens is 406 g/mol. The molecule has 6 heteroatoms. The molecule has 31 heavy (non-hydrogen) atoms. The van der Waals surface area contributed by atoms with E-state index in [9.17, 15) is 9.59 Å². The van der Waals surface area contributed by atoms with Crippen molar-refractivity contribution in [3.8, 4) is 11.8 Å². The van der Waals surface area contributed by atoms with Gasteiger partial charge in [0.1, 0.15) is 0 Å². The molecule has 4 rings (SSSR count). The van der Waals surface area contributed by atoms with E-state index in [4.69, 9.17) is 0 Å². The van der Waals surface area contributed by atoms with Gasteiger partial charge in [-0.05, 0) is 61.2 Å². The first-order chi connectivity index (χ1) is 15.0. The van der Waals surface area contributed by atoms with Crippen LogP contribution < -0.4 is 5.32 Å². The average molecular weight is 430 g/mol. The summed E-state index contributed by atoms with van der Waals surface area (Å²) in [5, 5.41) is 3.02. The standard InChI is InChI=1S/C25H23N3O2S/c1-17-8-10-23(31-17)25(30)27-15-22-18(2)26-14-20-16-28(13-12-21(20)22)24(29)11-9-19-6-4-3-5-7-19/h3-8,10,14H,12-13,15-16H2,1-2H3,(H,27,30). The Morgan fingerprint density at radius 3 is 2.71 bits per heavy atom. The molecule has 0 atom stereocenters. The minimum absolute atomic E-state index is 0.0705. The zero-order valence-electron chi connectivity index (χ0n) is 17.6. The quantitative estimate of drug-likeness (QED) is 0.647. The molecule has 156 valence electrons. The van der Waals surface area contributed by atoms with Crippen molar-refractivity contribution < 1.29 is 9.59 Å². The number of rotatable bonds is 3. The first kappa shape index (κ1) is 20.8. The van der Waals surface area contributed by atoms with Gasteiger partial charge in [-0.15, -0.1) is 11.3 Å². The normalized spacial score (nSPS) is 12.5. The summed E-state index contributed by atoms with van der Waals surface area (Å²) in [7, 11) is 0. The lowest BCUT2D eigenvalue weighted by Gasteiger charge is -2.29. The van der Waals surface area contributed by atoms with E-state index in [0.717, 1.165) is 33.7 Å². The molecule has 0 aliphatic carbocycles. The topological polar surface area (TPSA) is 62.3 Å². The number of carbonyl (C=O) groups is 2. The third-order valence-corrected chi connectivity index (χ3v) is 6.36. The van der Waals surface area contributed by atoms with E-state index in [1.165, 1.54) is 16.9 Å². The van der Waals surface area contributed by atoms with Crippen molar-refractivity contribution in [1.29, 1.82) is 0 Å². The van der Waals surface area contributed by atoms with Crippen LogP contribution in [-0.2, 0) is 24.3 Å². The summed E-state index contributed by atoms with van der Waals surface area (Å²) in [4.78, 5) is 33.1. The maximum atomic E-state index is 12.6. The molecule has 0 saturated carbocycles. The highest BCUT2D eigenvalue weighted by molar-refractivity contribution is 7.13. The van der Waals surface area contributed by atoms with Gasteiger partial charge in [0, 0.05) is 47.9 Å². The molecule has 0 unspecified atom stereocenters. The second kappa shape index (κ2) is 9.15. The van der Waals surface area contributed by atoms with Crippen LogP contribution in [0.15, 0.2) is 48.7 Å². The minimum Gasteiger partial charge on any atom is -0.347 e. The summed E-state index contributed by atoms with van der Waals surface area (Å²) < 4.78 is 0. The molecule has 3 heterocycles. The van der Waals surface area contributed by atoms with Gasteiger partial charge in [0.15, 0.2) is 0 Å². The van der Waals surface area contributed by atoms with Gasteiger partial charge in [-0.1, -0.05) is 24.1 Å². The predicted molar refractivity (Wildman–Crippen MR) is 122 cm³/mol. The van der Waals surface area contributed by atoms with Crippen LogP contribution in [0.1, 0.15) is 42.5 Å². The smallest absolute Gasteiger partial charge is 0.299 e. The predicted octanol–water partition coefficient (Wildman–Crippen LogP) is 3.63. The summed E-state index contributed by atoms with van der Waals surface area (Å²) in [6.45, 7) is 5.46. The van der Waals surface area contributed by atoms with Crippen LogP contribution in [0, 0.1) is 25.7 Å². The fourth-order valence-corrected chi connectivity index (χ4v) is 4.45. The zero-order chi connectivity index (χ0) is 21.8. The molecule has 5 nitrogen and oxygen atoms in total. The third-order valence-electron chi connectivity index (χ3n) is 5.36. The summed E-state index contributed by atoms with van der Waals surface area (Å²) in [5.74, 6) is 5.43. The number of amides is 2. The van der Waals surface area contributed by atoms with Crippen LogP contribution >= 0.6 is 11.3 Å². The maximum absolute atomic E-state index is 12.6. The number of carbonyl (C=O) groups excluding carboxylic acids is 2. The summed E-state index contributed by atoms with van der Waals surface area (Å²) in [6, 6.07) is 13.3. The molecular formula is C25H23N3O2S. The lowest BCUT2D eigenvalue weighted by Crippen LogP contribution is -2.36. The molecule has 2 amide bonds. The molecule has 3 aromatic rings. The van der Waals surface area contributed by atoms with Gasteiger partial charge >= 0.3 is 0 Å². The highest BCUT2D eigenvalue weighted by Crippen LogP contribution is 2.24. The van der Waals surface area contributed by atoms with Gasteiger partial charge in [-0.25, -0.2) is 0 Å².